The lowest BCUT2D eigenvalue weighted by molar-refractivity contribution is -0.139. The van der Waals surface area contributed by atoms with E-state index < -0.39 is 23.6 Å². The number of hydrogen-bond donors (Lipinski definition) is 3. The molecular formula is C13H20N4O4. The number of aryl methyl sites for hydroxylation is 1. The van der Waals surface area contributed by atoms with Gasteiger partial charge in [-0.2, -0.15) is 5.10 Å². The van der Waals surface area contributed by atoms with Crippen molar-refractivity contribution >= 4 is 12.0 Å². The largest absolute Gasteiger partial charge is 0.479 e. The standard InChI is InChI=1S/C13H20N4O4/c1-13(4-3-5-21-8-13)16-12(20)15-10(11(18)19)9-6-14-17(2)7-9/h6-7,10H,3-5,8H2,1-2H3,(H,18,19)(H2,15,16,20). The lowest BCUT2D eigenvalue weighted by Crippen LogP contribution is -2.55. The number of aliphatic carboxylic acids is 1. The fourth-order valence-electron chi connectivity index (χ4n) is 2.35. The van der Waals surface area contributed by atoms with Crippen LogP contribution in [0.2, 0.25) is 0 Å². The molecule has 1 aliphatic heterocycles. The van der Waals surface area contributed by atoms with Crippen LogP contribution >= 0.6 is 0 Å². The van der Waals surface area contributed by atoms with Gasteiger partial charge in [0.2, 0.25) is 0 Å². The summed E-state index contributed by atoms with van der Waals surface area (Å²) in [7, 11) is 1.68. The summed E-state index contributed by atoms with van der Waals surface area (Å²) in [5.74, 6) is -1.14. The van der Waals surface area contributed by atoms with Gasteiger partial charge in [-0.15, -0.1) is 0 Å². The lowest BCUT2D eigenvalue weighted by atomic mass is 9.95. The zero-order valence-corrected chi connectivity index (χ0v) is 12.1. The fourth-order valence-corrected chi connectivity index (χ4v) is 2.35. The van der Waals surface area contributed by atoms with Gasteiger partial charge in [-0.05, 0) is 19.8 Å². The first kappa shape index (κ1) is 15.3. The number of amides is 2. The van der Waals surface area contributed by atoms with E-state index in [-0.39, 0.29) is 0 Å². The van der Waals surface area contributed by atoms with Gasteiger partial charge < -0.3 is 20.5 Å². The monoisotopic (exact) mass is 296 g/mol. The van der Waals surface area contributed by atoms with Gasteiger partial charge in [-0.3, -0.25) is 4.68 Å². The third-order valence-corrected chi connectivity index (χ3v) is 3.43. The number of hydrogen-bond acceptors (Lipinski definition) is 4. The Morgan fingerprint density at radius 1 is 1.57 bits per heavy atom. The molecule has 2 atom stereocenters. The fraction of sp³-hybridized carbons (Fsp3) is 0.615. The quantitative estimate of drug-likeness (QED) is 0.746. The SMILES string of the molecule is Cn1cc(C(NC(=O)NC2(C)CCCOC2)C(=O)O)cn1. The third kappa shape index (κ3) is 3.94. The molecule has 2 heterocycles. The molecule has 1 fully saturated rings. The van der Waals surface area contributed by atoms with E-state index in [1.54, 1.807) is 13.2 Å². The lowest BCUT2D eigenvalue weighted by Gasteiger charge is -2.34. The van der Waals surface area contributed by atoms with Crippen molar-refractivity contribution in [3.63, 3.8) is 0 Å². The molecule has 0 spiro atoms. The molecule has 2 rings (SSSR count). The Balaban J connectivity index is 2.00. The molecule has 8 heteroatoms. The first-order valence-electron chi connectivity index (χ1n) is 6.77. The van der Waals surface area contributed by atoms with Crippen LogP contribution in [0.1, 0.15) is 31.4 Å². The molecule has 1 aromatic heterocycles. The number of carbonyl (C=O) groups is 2. The van der Waals surface area contributed by atoms with Crippen molar-refractivity contribution in [2.75, 3.05) is 13.2 Å². The maximum Gasteiger partial charge on any atom is 0.331 e. The maximum atomic E-state index is 12.0. The first-order valence-corrected chi connectivity index (χ1v) is 6.77. The van der Waals surface area contributed by atoms with Crippen LogP contribution in [-0.4, -0.2) is 45.6 Å². The van der Waals surface area contributed by atoms with Crippen molar-refractivity contribution in [1.29, 1.82) is 0 Å². The highest BCUT2D eigenvalue weighted by molar-refractivity contribution is 5.83. The molecule has 0 aliphatic carbocycles. The normalized spacial score (nSPS) is 23.3. The van der Waals surface area contributed by atoms with Crippen LogP contribution < -0.4 is 10.6 Å². The second-order valence-electron chi connectivity index (χ2n) is 5.53. The molecular weight excluding hydrogens is 276 g/mol. The summed E-state index contributed by atoms with van der Waals surface area (Å²) in [6, 6.07) is -1.66. The molecule has 3 N–H and O–H groups in total. The summed E-state index contributed by atoms with van der Waals surface area (Å²) in [6.07, 6.45) is 4.64. The third-order valence-electron chi connectivity index (χ3n) is 3.43. The number of carboxylic acid groups (broad SMARTS) is 1. The smallest absolute Gasteiger partial charge is 0.331 e. The number of nitrogens with one attached hydrogen (secondary N) is 2. The molecule has 21 heavy (non-hydrogen) atoms. The van der Waals surface area contributed by atoms with Crippen molar-refractivity contribution in [3.8, 4) is 0 Å². The van der Waals surface area contributed by atoms with Crippen molar-refractivity contribution in [2.45, 2.75) is 31.3 Å². The first-order chi connectivity index (χ1) is 9.89. The molecule has 1 aliphatic rings. The van der Waals surface area contributed by atoms with E-state index in [2.05, 4.69) is 15.7 Å². The summed E-state index contributed by atoms with van der Waals surface area (Å²) < 4.78 is 6.84. The number of rotatable bonds is 4. The van der Waals surface area contributed by atoms with Gasteiger partial charge in [0.15, 0.2) is 6.04 Å². The average Bonchev–Trinajstić information content (AvgIpc) is 2.82. The van der Waals surface area contributed by atoms with E-state index in [1.165, 1.54) is 10.9 Å². The predicted molar refractivity (Wildman–Crippen MR) is 73.7 cm³/mol. The van der Waals surface area contributed by atoms with Gasteiger partial charge in [0.25, 0.3) is 0 Å². The molecule has 2 amide bonds. The Bertz CT molecular complexity index is 522. The topological polar surface area (TPSA) is 105 Å². The Kier molecular flexibility index (Phi) is 4.46. The highest BCUT2D eigenvalue weighted by Gasteiger charge is 2.31. The minimum absolute atomic E-state index is 0.421. The van der Waals surface area contributed by atoms with E-state index in [0.717, 1.165) is 12.8 Å². The van der Waals surface area contributed by atoms with Crippen LogP contribution in [0.3, 0.4) is 0 Å². The summed E-state index contributed by atoms with van der Waals surface area (Å²) >= 11 is 0. The Hall–Kier alpha value is -2.09. The highest BCUT2D eigenvalue weighted by Crippen LogP contribution is 2.18. The van der Waals surface area contributed by atoms with Crippen molar-refractivity contribution < 1.29 is 19.4 Å². The van der Waals surface area contributed by atoms with Crippen LogP contribution in [0.25, 0.3) is 0 Å². The second-order valence-corrected chi connectivity index (χ2v) is 5.53. The van der Waals surface area contributed by atoms with E-state index in [9.17, 15) is 14.7 Å². The maximum absolute atomic E-state index is 12.0. The van der Waals surface area contributed by atoms with Crippen LogP contribution in [0, 0.1) is 0 Å². The Morgan fingerprint density at radius 3 is 2.86 bits per heavy atom. The van der Waals surface area contributed by atoms with Crippen LogP contribution in [0.15, 0.2) is 12.4 Å². The number of carbonyl (C=O) groups excluding carboxylic acids is 1. The Morgan fingerprint density at radius 2 is 2.33 bits per heavy atom. The molecule has 0 saturated carbocycles. The van der Waals surface area contributed by atoms with E-state index >= 15 is 0 Å². The minimum atomic E-state index is -1.14. The van der Waals surface area contributed by atoms with Gasteiger partial charge in [-0.1, -0.05) is 0 Å². The van der Waals surface area contributed by atoms with Gasteiger partial charge in [0.1, 0.15) is 0 Å². The Labute approximate surface area is 122 Å². The van der Waals surface area contributed by atoms with Crippen molar-refractivity contribution in [1.82, 2.24) is 20.4 Å². The van der Waals surface area contributed by atoms with E-state index in [0.29, 0.717) is 18.8 Å². The van der Waals surface area contributed by atoms with Gasteiger partial charge in [-0.25, -0.2) is 9.59 Å². The zero-order chi connectivity index (χ0) is 15.5. The van der Waals surface area contributed by atoms with Crippen molar-refractivity contribution in [2.24, 2.45) is 7.05 Å². The predicted octanol–water partition coefficient (Wildman–Crippen LogP) is 0.414. The molecule has 0 aromatic carbocycles. The molecule has 0 radical (unpaired) electrons. The number of urea groups is 1. The van der Waals surface area contributed by atoms with E-state index in [4.69, 9.17) is 4.74 Å². The summed E-state index contributed by atoms with van der Waals surface area (Å²) in [5, 5.41) is 18.4. The number of aromatic nitrogens is 2. The molecule has 1 aromatic rings. The second kappa shape index (κ2) is 6.13. The van der Waals surface area contributed by atoms with Crippen LogP contribution in [0.4, 0.5) is 4.79 Å². The highest BCUT2D eigenvalue weighted by atomic mass is 16.5. The summed E-state index contributed by atoms with van der Waals surface area (Å²) in [4.78, 5) is 23.4. The molecule has 0 bridgehead atoms. The van der Waals surface area contributed by atoms with E-state index in [1.807, 2.05) is 6.92 Å². The molecule has 2 unspecified atom stereocenters. The zero-order valence-electron chi connectivity index (χ0n) is 12.1. The molecule has 1 saturated heterocycles. The van der Waals surface area contributed by atoms with Crippen LogP contribution in [0.5, 0.6) is 0 Å². The van der Waals surface area contributed by atoms with Gasteiger partial charge >= 0.3 is 12.0 Å². The number of nitrogens with zero attached hydrogens (tertiary/aromatic N) is 2. The molecule has 8 nitrogen and oxygen atoms in total. The number of carboxylic acids is 1. The molecule has 116 valence electrons. The van der Waals surface area contributed by atoms with Gasteiger partial charge in [0.05, 0.1) is 18.3 Å². The summed E-state index contributed by atoms with van der Waals surface area (Å²) in [6.45, 7) is 2.99. The minimum Gasteiger partial charge on any atom is -0.479 e. The number of ether oxygens (including phenoxy) is 1. The van der Waals surface area contributed by atoms with Crippen LogP contribution in [-0.2, 0) is 16.6 Å². The van der Waals surface area contributed by atoms with Crippen molar-refractivity contribution in [3.05, 3.63) is 18.0 Å². The average molecular weight is 296 g/mol. The van der Waals surface area contributed by atoms with Gasteiger partial charge in [0, 0.05) is 25.4 Å². The summed E-state index contributed by atoms with van der Waals surface area (Å²) in [5.41, 5.74) is -0.0504.